The van der Waals surface area contributed by atoms with Gasteiger partial charge >= 0.3 is 0 Å². The summed E-state index contributed by atoms with van der Waals surface area (Å²) in [4.78, 5) is 13.6. The lowest BCUT2D eigenvalue weighted by atomic mass is 10.2. The van der Waals surface area contributed by atoms with Crippen molar-refractivity contribution in [2.75, 3.05) is 19.7 Å². The second-order valence-corrected chi connectivity index (χ2v) is 4.34. The zero-order valence-electron chi connectivity index (χ0n) is 10.1. The number of amides is 1. The molecule has 1 aliphatic heterocycles. The fourth-order valence-corrected chi connectivity index (χ4v) is 2.19. The third-order valence-corrected chi connectivity index (χ3v) is 3.16. The van der Waals surface area contributed by atoms with Crippen LogP contribution >= 0.6 is 0 Å². The van der Waals surface area contributed by atoms with E-state index in [9.17, 15) is 9.18 Å². The molecular formula is C13H17FN2O2. The summed E-state index contributed by atoms with van der Waals surface area (Å²) in [6.45, 7) is 1.03. The van der Waals surface area contributed by atoms with Crippen molar-refractivity contribution in [2.45, 2.75) is 18.9 Å². The minimum Gasteiger partial charge on any atom is -0.481 e. The van der Waals surface area contributed by atoms with Crippen molar-refractivity contribution in [3.05, 3.63) is 30.1 Å². The van der Waals surface area contributed by atoms with E-state index in [1.54, 1.807) is 17.0 Å². The highest BCUT2D eigenvalue weighted by Gasteiger charge is 2.27. The first-order valence-corrected chi connectivity index (χ1v) is 6.09. The maximum absolute atomic E-state index is 13.3. The molecule has 1 atom stereocenters. The molecule has 1 aliphatic rings. The van der Waals surface area contributed by atoms with Gasteiger partial charge in [0.1, 0.15) is 0 Å². The molecule has 1 amide bonds. The molecule has 5 heteroatoms. The van der Waals surface area contributed by atoms with Crippen LogP contribution in [0.3, 0.4) is 0 Å². The van der Waals surface area contributed by atoms with E-state index in [2.05, 4.69) is 0 Å². The van der Waals surface area contributed by atoms with Crippen molar-refractivity contribution in [2.24, 2.45) is 5.73 Å². The third kappa shape index (κ3) is 2.79. The summed E-state index contributed by atoms with van der Waals surface area (Å²) in [6, 6.07) is 6.16. The number of rotatable bonds is 4. The summed E-state index contributed by atoms with van der Waals surface area (Å²) >= 11 is 0. The predicted molar refractivity (Wildman–Crippen MR) is 65.7 cm³/mol. The number of para-hydroxylation sites is 1. The SMILES string of the molecule is NCC1CCCN1C(=O)COc1ccccc1F. The van der Waals surface area contributed by atoms with E-state index in [1.165, 1.54) is 12.1 Å². The minimum atomic E-state index is -0.456. The van der Waals surface area contributed by atoms with Gasteiger partial charge in [-0.15, -0.1) is 0 Å². The van der Waals surface area contributed by atoms with E-state index in [0.29, 0.717) is 13.1 Å². The molecule has 2 rings (SSSR count). The number of nitrogens with two attached hydrogens (primary N) is 1. The molecule has 4 nitrogen and oxygen atoms in total. The minimum absolute atomic E-state index is 0.0988. The van der Waals surface area contributed by atoms with Crippen molar-refractivity contribution in [3.8, 4) is 5.75 Å². The molecule has 0 aliphatic carbocycles. The van der Waals surface area contributed by atoms with Gasteiger partial charge in [-0.2, -0.15) is 0 Å². The zero-order valence-corrected chi connectivity index (χ0v) is 10.1. The maximum atomic E-state index is 13.3. The van der Waals surface area contributed by atoms with E-state index in [1.807, 2.05) is 0 Å². The molecule has 1 saturated heterocycles. The molecule has 0 bridgehead atoms. The number of nitrogens with zero attached hydrogens (tertiary/aromatic N) is 1. The fourth-order valence-electron chi connectivity index (χ4n) is 2.19. The van der Waals surface area contributed by atoms with Gasteiger partial charge in [-0.05, 0) is 25.0 Å². The molecule has 0 radical (unpaired) electrons. The van der Waals surface area contributed by atoms with E-state index < -0.39 is 5.82 Å². The van der Waals surface area contributed by atoms with Crippen LogP contribution < -0.4 is 10.5 Å². The van der Waals surface area contributed by atoms with Crippen LogP contribution in [-0.4, -0.2) is 36.5 Å². The number of carbonyl (C=O) groups excluding carboxylic acids is 1. The largest absolute Gasteiger partial charge is 0.481 e. The molecule has 0 saturated carbocycles. The van der Waals surface area contributed by atoms with Gasteiger partial charge in [0.05, 0.1) is 0 Å². The molecule has 18 heavy (non-hydrogen) atoms. The molecule has 1 aromatic carbocycles. The number of hydrogen-bond donors (Lipinski definition) is 1. The molecular weight excluding hydrogens is 235 g/mol. The Morgan fingerprint density at radius 1 is 1.50 bits per heavy atom. The first-order valence-electron chi connectivity index (χ1n) is 6.09. The second kappa shape index (κ2) is 5.82. The van der Waals surface area contributed by atoms with Gasteiger partial charge in [0.25, 0.3) is 5.91 Å². The Balaban J connectivity index is 1.90. The van der Waals surface area contributed by atoms with Crippen LogP contribution in [0.15, 0.2) is 24.3 Å². The van der Waals surface area contributed by atoms with E-state index in [0.717, 1.165) is 12.8 Å². The van der Waals surface area contributed by atoms with Crippen LogP contribution in [0.2, 0.25) is 0 Å². The average Bonchev–Trinajstić information content (AvgIpc) is 2.86. The number of ether oxygens (including phenoxy) is 1. The first-order chi connectivity index (χ1) is 8.72. The molecule has 1 aromatic rings. The molecule has 0 aromatic heterocycles. The van der Waals surface area contributed by atoms with E-state index in [4.69, 9.17) is 10.5 Å². The van der Waals surface area contributed by atoms with Gasteiger partial charge < -0.3 is 15.4 Å². The molecule has 1 fully saturated rings. The standard InChI is InChI=1S/C13H17FN2O2/c14-11-5-1-2-6-12(11)18-9-13(17)16-7-3-4-10(16)8-15/h1-2,5-6,10H,3-4,7-9,15H2. The molecule has 98 valence electrons. The Morgan fingerprint density at radius 3 is 3.00 bits per heavy atom. The quantitative estimate of drug-likeness (QED) is 0.874. The number of hydrogen-bond acceptors (Lipinski definition) is 3. The smallest absolute Gasteiger partial charge is 0.260 e. The highest BCUT2D eigenvalue weighted by molar-refractivity contribution is 5.78. The summed E-state index contributed by atoms with van der Waals surface area (Å²) in [6.07, 6.45) is 1.90. The second-order valence-electron chi connectivity index (χ2n) is 4.34. The topological polar surface area (TPSA) is 55.6 Å². The first kappa shape index (κ1) is 12.8. The van der Waals surface area contributed by atoms with Crippen molar-refractivity contribution in [1.29, 1.82) is 0 Å². The number of benzene rings is 1. The van der Waals surface area contributed by atoms with Crippen LogP contribution in [0.5, 0.6) is 5.75 Å². The van der Waals surface area contributed by atoms with Crippen LogP contribution in [0, 0.1) is 5.82 Å². The van der Waals surface area contributed by atoms with E-state index >= 15 is 0 Å². The summed E-state index contributed by atoms with van der Waals surface area (Å²) in [7, 11) is 0. The molecule has 1 heterocycles. The normalized spacial score (nSPS) is 19.0. The summed E-state index contributed by atoms with van der Waals surface area (Å²) in [5.74, 6) is -0.484. The van der Waals surface area contributed by atoms with Gasteiger partial charge in [-0.1, -0.05) is 12.1 Å². The Labute approximate surface area is 106 Å². The number of carbonyl (C=O) groups is 1. The van der Waals surface area contributed by atoms with Crippen molar-refractivity contribution >= 4 is 5.91 Å². The lowest BCUT2D eigenvalue weighted by Gasteiger charge is -2.23. The Hall–Kier alpha value is -1.62. The lowest BCUT2D eigenvalue weighted by molar-refractivity contribution is -0.134. The summed E-state index contributed by atoms with van der Waals surface area (Å²) < 4.78 is 18.5. The van der Waals surface area contributed by atoms with Gasteiger partial charge in [0.2, 0.25) is 0 Å². The van der Waals surface area contributed by atoms with Crippen LogP contribution in [0.1, 0.15) is 12.8 Å². The van der Waals surface area contributed by atoms with Crippen LogP contribution in [0.25, 0.3) is 0 Å². The average molecular weight is 252 g/mol. The predicted octanol–water partition coefficient (Wildman–Crippen LogP) is 1.15. The fraction of sp³-hybridized carbons (Fsp3) is 0.462. The monoisotopic (exact) mass is 252 g/mol. The molecule has 1 unspecified atom stereocenters. The zero-order chi connectivity index (χ0) is 13.0. The van der Waals surface area contributed by atoms with Crippen LogP contribution in [0.4, 0.5) is 4.39 Å². The van der Waals surface area contributed by atoms with Crippen LogP contribution in [-0.2, 0) is 4.79 Å². The molecule has 2 N–H and O–H groups in total. The Kier molecular flexibility index (Phi) is 4.15. The highest BCUT2D eigenvalue weighted by atomic mass is 19.1. The third-order valence-electron chi connectivity index (χ3n) is 3.16. The summed E-state index contributed by atoms with van der Waals surface area (Å²) in [5, 5.41) is 0. The molecule has 0 spiro atoms. The van der Waals surface area contributed by atoms with Gasteiger partial charge in [0.15, 0.2) is 18.2 Å². The maximum Gasteiger partial charge on any atom is 0.260 e. The lowest BCUT2D eigenvalue weighted by Crippen LogP contribution is -2.42. The number of halogens is 1. The van der Waals surface area contributed by atoms with E-state index in [-0.39, 0.29) is 24.3 Å². The van der Waals surface area contributed by atoms with Crippen molar-refractivity contribution in [1.82, 2.24) is 4.90 Å². The van der Waals surface area contributed by atoms with Crippen molar-refractivity contribution < 1.29 is 13.9 Å². The number of likely N-dealkylation sites (tertiary alicyclic amines) is 1. The Morgan fingerprint density at radius 2 is 2.28 bits per heavy atom. The van der Waals surface area contributed by atoms with Gasteiger partial charge in [-0.25, -0.2) is 4.39 Å². The highest BCUT2D eigenvalue weighted by Crippen LogP contribution is 2.18. The van der Waals surface area contributed by atoms with Gasteiger partial charge in [0, 0.05) is 19.1 Å². The van der Waals surface area contributed by atoms with Crippen molar-refractivity contribution in [3.63, 3.8) is 0 Å². The summed E-state index contributed by atoms with van der Waals surface area (Å²) in [5.41, 5.74) is 5.60. The Bertz CT molecular complexity index is 425. The van der Waals surface area contributed by atoms with Gasteiger partial charge in [-0.3, -0.25) is 4.79 Å².